The first-order valence-electron chi connectivity index (χ1n) is 8.04. The van der Waals surface area contributed by atoms with Gasteiger partial charge in [-0.05, 0) is 32.2 Å². The molecular formula is C16H30N2O. The van der Waals surface area contributed by atoms with Gasteiger partial charge >= 0.3 is 0 Å². The van der Waals surface area contributed by atoms with Crippen LogP contribution in [-0.4, -0.2) is 43.3 Å². The van der Waals surface area contributed by atoms with Crippen LogP contribution in [0.1, 0.15) is 46.0 Å². The van der Waals surface area contributed by atoms with E-state index in [9.17, 15) is 0 Å². The lowest BCUT2D eigenvalue weighted by Gasteiger charge is -2.63. The van der Waals surface area contributed by atoms with Crippen molar-refractivity contribution in [3.05, 3.63) is 0 Å². The Bertz CT molecular complexity index is 338. The number of hydrogen-bond donors (Lipinski definition) is 1. The fourth-order valence-corrected chi connectivity index (χ4v) is 4.94. The van der Waals surface area contributed by atoms with Crippen LogP contribution in [0.5, 0.6) is 0 Å². The molecule has 3 atom stereocenters. The topological polar surface area (TPSA) is 38.5 Å². The minimum absolute atomic E-state index is 0.0540. The van der Waals surface area contributed by atoms with Crippen molar-refractivity contribution in [2.24, 2.45) is 23.0 Å². The van der Waals surface area contributed by atoms with E-state index >= 15 is 0 Å². The summed E-state index contributed by atoms with van der Waals surface area (Å²) in [7, 11) is 2.26. The average Bonchev–Trinajstić information content (AvgIpc) is 2.97. The Morgan fingerprint density at radius 1 is 1.21 bits per heavy atom. The van der Waals surface area contributed by atoms with Gasteiger partial charge in [0.15, 0.2) is 0 Å². The maximum absolute atomic E-state index is 6.82. The molecule has 2 N–H and O–H groups in total. The van der Waals surface area contributed by atoms with Crippen LogP contribution in [0.2, 0.25) is 0 Å². The van der Waals surface area contributed by atoms with E-state index in [4.69, 9.17) is 10.5 Å². The average molecular weight is 266 g/mol. The van der Waals surface area contributed by atoms with Crippen molar-refractivity contribution in [2.75, 3.05) is 26.7 Å². The molecule has 0 bridgehead atoms. The Hall–Kier alpha value is -0.120. The molecule has 3 heteroatoms. The molecule has 3 unspecified atom stereocenters. The van der Waals surface area contributed by atoms with E-state index in [1.54, 1.807) is 0 Å². The summed E-state index contributed by atoms with van der Waals surface area (Å²) in [4.78, 5) is 2.49. The number of likely N-dealkylation sites (N-methyl/N-ethyl adjacent to an activating group) is 1. The Labute approximate surface area is 117 Å². The lowest BCUT2D eigenvalue weighted by Crippen LogP contribution is -2.78. The second-order valence-electron chi connectivity index (χ2n) is 7.80. The Morgan fingerprint density at radius 3 is 2.58 bits per heavy atom. The summed E-state index contributed by atoms with van der Waals surface area (Å²) in [5, 5.41) is 0. The van der Waals surface area contributed by atoms with Gasteiger partial charge in [0.05, 0.1) is 6.10 Å². The molecule has 0 radical (unpaired) electrons. The van der Waals surface area contributed by atoms with Crippen molar-refractivity contribution >= 4 is 0 Å². The van der Waals surface area contributed by atoms with Crippen LogP contribution in [0, 0.1) is 17.3 Å². The van der Waals surface area contributed by atoms with Gasteiger partial charge in [-0.1, -0.05) is 26.7 Å². The highest BCUT2D eigenvalue weighted by molar-refractivity contribution is 5.21. The van der Waals surface area contributed by atoms with Crippen LogP contribution in [-0.2, 0) is 4.74 Å². The van der Waals surface area contributed by atoms with Crippen molar-refractivity contribution in [3.63, 3.8) is 0 Å². The summed E-state index contributed by atoms with van der Waals surface area (Å²) >= 11 is 0. The predicted octanol–water partition coefficient (Wildman–Crippen LogP) is 2.25. The minimum atomic E-state index is -0.0540. The van der Waals surface area contributed by atoms with Gasteiger partial charge in [-0.15, -0.1) is 0 Å². The molecule has 1 saturated heterocycles. The molecule has 0 spiro atoms. The van der Waals surface area contributed by atoms with Crippen molar-refractivity contribution in [1.82, 2.24) is 4.90 Å². The van der Waals surface area contributed by atoms with Crippen molar-refractivity contribution in [3.8, 4) is 0 Å². The van der Waals surface area contributed by atoms with E-state index in [0.717, 1.165) is 25.5 Å². The minimum Gasteiger partial charge on any atom is -0.377 e. The van der Waals surface area contributed by atoms with Gasteiger partial charge < -0.3 is 15.4 Å². The zero-order valence-electron chi connectivity index (χ0n) is 12.8. The highest BCUT2D eigenvalue weighted by Gasteiger charge is 2.67. The fourth-order valence-electron chi connectivity index (χ4n) is 4.94. The molecule has 0 aromatic rings. The number of rotatable bonds is 4. The van der Waals surface area contributed by atoms with Gasteiger partial charge in [-0.25, -0.2) is 0 Å². The quantitative estimate of drug-likeness (QED) is 0.848. The van der Waals surface area contributed by atoms with Crippen molar-refractivity contribution in [2.45, 2.75) is 57.6 Å². The Balaban J connectivity index is 1.61. The molecule has 3 fully saturated rings. The number of nitrogens with zero attached hydrogens (tertiary/aromatic N) is 1. The predicted molar refractivity (Wildman–Crippen MR) is 78.0 cm³/mol. The molecule has 0 aromatic heterocycles. The monoisotopic (exact) mass is 266 g/mol. The summed E-state index contributed by atoms with van der Waals surface area (Å²) in [5.74, 6) is 1.49. The molecule has 110 valence electrons. The normalized spacial score (nSPS) is 41.5. The molecule has 2 saturated carbocycles. The molecule has 19 heavy (non-hydrogen) atoms. The van der Waals surface area contributed by atoms with Gasteiger partial charge in [0.1, 0.15) is 0 Å². The van der Waals surface area contributed by atoms with Crippen LogP contribution in [0.15, 0.2) is 0 Å². The maximum Gasteiger partial charge on any atom is 0.0691 e. The summed E-state index contributed by atoms with van der Waals surface area (Å²) < 4.78 is 5.88. The molecule has 3 nitrogen and oxygen atoms in total. The number of fused-ring (bicyclic) bond motifs is 1. The third-order valence-electron chi connectivity index (χ3n) is 6.24. The van der Waals surface area contributed by atoms with Crippen molar-refractivity contribution < 1.29 is 4.74 Å². The van der Waals surface area contributed by atoms with E-state index in [1.807, 2.05) is 0 Å². The molecule has 3 aliphatic rings. The smallest absolute Gasteiger partial charge is 0.0691 e. The molecule has 0 amide bonds. The molecule has 1 heterocycles. The maximum atomic E-state index is 6.82. The van der Waals surface area contributed by atoms with Gasteiger partial charge in [0, 0.05) is 36.6 Å². The third-order valence-corrected chi connectivity index (χ3v) is 6.24. The van der Waals surface area contributed by atoms with Crippen LogP contribution in [0.4, 0.5) is 0 Å². The summed E-state index contributed by atoms with van der Waals surface area (Å²) in [5.41, 5.74) is 6.89. The largest absolute Gasteiger partial charge is 0.377 e. The third kappa shape index (κ3) is 2.05. The van der Waals surface area contributed by atoms with E-state index in [-0.39, 0.29) is 11.0 Å². The Kier molecular flexibility index (Phi) is 3.43. The van der Waals surface area contributed by atoms with Crippen LogP contribution < -0.4 is 5.73 Å². The van der Waals surface area contributed by atoms with E-state index in [2.05, 4.69) is 25.8 Å². The SMILES string of the molecule is CN(CC1CCCC1)CC1(N)C2CCOC2C1(C)C. The number of nitrogens with two attached hydrogens (primary N) is 1. The lowest BCUT2D eigenvalue weighted by atomic mass is 9.48. The molecule has 1 aliphatic heterocycles. The van der Waals surface area contributed by atoms with E-state index in [0.29, 0.717) is 12.0 Å². The Morgan fingerprint density at radius 2 is 1.89 bits per heavy atom. The summed E-state index contributed by atoms with van der Waals surface area (Å²) in [6.45, 7) is 7.75. The first kappa shape index (κ1) is 13.8. The lowest BCUT2D eigenvalue weighted by molar-refractivity contribution is -0.162. The van der Waals surface area contributed by atoms with E-state index in [1.165, 1.54) is 32.2 Å². The molecule has 3 rings (SSSR count). The van der Waals surface area contributed by atoms with Crippen molar-refractivity contribution in [1.29, 1.82) is 0 Å². The van der Waals surface area contributed by atoms with Gasteiger partial charge in [0.2, 0.25) is 0 Å². The molecular weight excluding hydrogens is 236 g/mol. The summed E-state index contributed by atoms with van der Waals surface area (Å²) in [6, 6.07) is 0. The van der Waals surface area contributed by atoms with E-state index < -0.39 is 0 Å². The first-order chi connectivity index (χ1) is 8.95. The second kappa shape index (κ2) is 4.71. The van der Waals surface area contributed by atoms with Crippen LogP contribution >= 0.6 is 0 Å². The second-order valence-corrected chi connectivity index (χ2v) is 7.80. The van der Waals surface area contributed by atoms with Gasteiger partial charge in [-0.3, -0.25) is 0 Å². The molecule has 0 aromatic carbocycles. The highest BCUT2D eigenvalue weighted by atomic mass is 16.5. The zero-order valence-corrected chi connectivity index (χ0v) is 12.8. The van der Waals surface area contributed by atoms with Gasteiger partial charge in [0.25, 0.3) is 0 Å². The highest BCUT2D eigenvalue weighted by Crippen LogP contribution is 2.58. The zero-order chi connectivity index (χ0) is 13.7. The standard InChI is InChI=1S/C16H30N2O/c1-15(2)14-13(8-9-19-14)16(15,17)11-18(3)10-12-6-4-5-7-12/h12-14H,4-11,17H2,1-3H3. The van der Waals surface area contributed by atoms with Crippen LogP contribution in [0.3, 0.4) is 0 Å². The number of hydrogen-bond acceptors (Lipinski definition) is 3. The molecule has 2 aliphatic carbocycles. The number of ether oxygens (including phenoxy) is 1. The van der Waals surface area contributed by atoms with Crippen LogP contribution in [0.25, 0.3) is 0 Å². The summed E-state index contributed by atoms with van der Waals surface area (Å²) in [6.07, 6.45) is 7.24. The first-order valence-corrected chi connectivity index (χ1v) is 8.04. The fraction of sp³-hybridized carbons (Fsp3) is 1.00. The van der Waals surface area contributed by atoms with Gasteiger partial charge in [-0.2, -0.15) is 0 Å².